The summed E-state index contributed by atoms with van der Waals surface area (Å²) in [4.78, 5) is 26.4. The molecule has 5 nitrogen and oxygen atoms in total. The van der Waals surface area contributed by atoms with Gasteiger partial charge in [-0.15, -0.1) is 0 Å². The van der Waals surface area contributed by atoms with E-state index in [2.05, 4.69) is 9.72 Å². The van der Waals surface area contributed by atoms with E-state index in [1.165, 1.54) is 20.4 Å². The lowest BCUT2D eigenvalue weighted by Crippen LogP contribution is -2.17. The molecule has 0 aliphatic carbocycles. The van der Waals surface area contributed by atoms with Crippen molar-refractivity contribution in [3.8, 4) is 5.75 Å². The third-order valence-corrected chi connectivity index (χ3v) is 2.89. The molecule has 6 heteroatoms. The molecule has 1 aromatic heterocycles. The number of methoxy groups -OCH3 is 2. The molecule has 0 aliphatic heterocycles. The zero-order valence-corrected chi connectivity index (χ0v) is 10.5. The van der Waals surface area contributed by atoms with Crippen molar-refractivity contribution in [3.05, 3.63) is 39.1 Å². The molecule has 0 aliphatic rings. The van der Waals surface area contributed by atoms with Gasteiger partial charge in [0, 0.05) is 6.20 Å². The van der Waals surface area contributed by atoms with E-state index in [1.54, 1.807) is 12.1 Å². The van der Waals surface area contributed by atoms with E-state index in [-0.39, 0.29) is 16.0 Å². The SMILES string of the molecule is COC(=O)c1c[nH]c2c(OC)ccc(Cl)c2c1=O. The van der Waals surface area contributed by atoms with E-state index < -0.39 is 11.4 Å². The number of fused-ring (bicyclic) bond motifs is 1. The third-order valence-electron chi connectivity index (χ3n) is 2.57. The predicted molar refractivity (Wildman–Crippen MR) is 67.5 cm³/mol. The van der Waals surface area contributed by atoms with Crippen LogP contribution in [0.2, 0.25) is 5.02 Å². The van der Waals surface area contributed by atoms with Crippen molar-refractivity contribution in [2.24, 2.45) is 0 Å². The number of hydrogen-bond acceptors (Lipinski definition) is 4. The highest BCUT2D eigenvalue weighted by molar-refractivity contribution is 6.35. The normalized spacial score (nSPS) is 10.4. The molecule has 0 radical (unpaired) electrons. The first-order valence-corrected chi connectivity index (χ1v) is 5.44. The minimum atomic E-state index is -0.711. The van der Waals surface area contributed by atoms with Crippen LogP contribution < -0.4 is 10.2 Å². The maximum Gasteiger partial charge on any atom is 0.343 e. The molecule has 0 bridgehead atoms. The Morgan fingerprint density at radius 3 is 2.67 bits per heavy atom. The Balaban J connectivity index is 2.87. The van der Waals surface area contributed by atoms with Crippen molar-refractivity contribution in [1.29, 1.82) is 0 Å². The van der Waals surface area contributed by atoms with Gasteiger partial charge in [0.05, 0.1) is 30.1 Å². The molecule has 0 amide bonds. The molecule has 1 heterocycles. The van der Waals surface area contributed by atoms with Crippen LogP contribution in [0.5, 0.6) is 5.75 Å². The summed E-state index contributed by atoms with van der Waals surface area (Å²) in [6, 6.07) is 3.18. The van der Waals surface area contributed by atoms with Gasteiger partial charge in [0.2, 0.25) is 5.43 Å². The van der Waals surface area contributed by atoms with Gasteiger partial charge in [-0.25, -0.2) is 4.79 Å². The Labute approximate surface area is 107 Å². The second-order valence-electron chi connectivity index (χ2n) is 3.52. The zero-order chi connectivity index (χ0) is 13.3. The number of esters is 1. The fourth-order valence-corrected chi connectivity index (χ4v) is 1.94. The Morgan fingerprint density at radius 2 is 2.06 bits per heavy atom. The number of pyridine rings is 1. The number of aromatic amines is 1. The lowest BCUT2D eigenvalue weighted by Gasteiger charge is -2.07. The van der Waals surface area contributed by atoms with Crippen LogP contribution in [0.15, 0.2) is 23.1 Å². The number of hydrogen-bond donors (Lipinski definition) is 1. The molecule has 94 valence electrons. The van der Waals surface area contributed by atoms with E-state index in [4.69, 9.17) is 16.3 Å². The molecule has 0 saturated heterocycles. The van der Waals surface area contributed by atoms with Crippen LogP contribution in [0, 0.1) is 0 Å². The smallest absolute Gasteiger partial charge is 0.343 e. The van der Waals surface area contributed by atoms with E-state index in [9.17, 15) is 9.59 Å². The summed E-state index contributed by atoms with van der Waals surface area (Å²) >= 11 is 5.98. The Morgan fingerprint density at radius 1 is 1.33 bits per heavy atom. The van der Waals surface area contributed by atoms with Gasteiger partial charge in [-0.1, -0.05) is 11.6 Å². The molecule has 1 N–H and O–H groups in total. The van der Waals surface area contributed by atoms with Crippen LogP contribution in [-0.4, -0.2) is 25.2 Å². The molecule has 0 saturated carbocycles. The first-order valence-electron chi connectivity index (χ1n) is 5.06. The monoisotopic (exact) mass is 267 g/mol. The summed E-state index contributed by atoms with van der Waals surface area (Å²) < 4.78 is 9.65. The summed E-state index contributed by atoms with van der Waals surface area (Å²) in [5, 5.41) is 0.455. The summed E-state index contributed by atoms with van der Waals surface area (Å²) in [7, 11) is 2.69. The number of nitrogens with one attached hydrogen (secondary N) is 1. The topological polar surface area (TPSA) is 68.4 Å². The van der Waals surface area contributed by atoms with Gasteiger partial charge in [-0.2, -0.15) is 0 Å². The summed E-state index contributed by atoms with van der Waals surface area (Å²) in [5.74, 6) is -0.236. The Kier molecular flexibility index (Phi) is 3.25. The molecule has 0 unspecified atom stereocenters. The highest BCUT2D eigenvalue weighted by atomic mass is 35.5. The van der Waals surface area contributed by atoms with Gasteiger partial charge < -0.3 is 14.5 Å². The van der Waals surface area contributed by atoms with Crippen LogP contribution >= 0.6 is 11.6 Å². The van der Waals surface area contributed by atoms with E-state index >= 15 is 0 Å². The Hall–Kier alpha value is -2.01. The van der Waals surface area contributed by atoms with Crippen LogP contribution in [0.3, 0.4) is 0 Å². The van der Waals surface area contributed by atoms with Gasteiger partial charge >= 0.3 is 5.97 Å². The molecule has 18 heavy (non-hydrogen) atoms. The largest absolute Gasteiger partial charge is 0.495 e. The van der Waals surface area contributed by atoms with Gasteiger partial charge in [-0.05, 0) is 12.1 Å². The predicted octanol–water partition coefficient (Wildman–Crippen LogP) is 1.98. The second kappa shape index (κ2) is 4.70. The zero-order valence-electron chi connectivity index (χ0n) is 9.74. The lowest BCUT2D eigenvalue weighted by molar-refractivity contribution is 0.0599. The van der Waals surface area contributed by atoms with Crippen molar-refractivity contribution in [2.45, 2.75) is 0 Å². The second-order valence-corrected chi connectivity index (χ2v) is 3.93. The highest BCUT2D eigenvalue weighted by Crippen LogP contribution is 2.27. The van der Waals surface area contributed by atoms with Crippen molar-refractivity contribution in [1.82, 2.24) is 4.98 Å². The van der Waals surface area contributed by atoms with Gasteiger partial charge in [0.15, 0.2) is 0 Å². The number of rotatable bonds is 2. The van der Waals surface area contributed by atoms with Crippen LogP contribution in [0.4, 0.5) is 0 Å². The quantitative estimate of drug-likeness (QED) is 0.845. The van der Waals surface area contributed by atoms with Crippen LogP contribution in [0.1, 0.15) is 10.4 Å². The summed E-state index contributed by atoms with van der Waals surface area (Å²) in [6.45, 7) is 0. The van der Waals surface area contributed by atoms with Gasteiger partial charge in [-0.3, -0.25) is 4.79 Å². The standard InChI is InChI=1S/C12H10ClNO4/c1-17-8-4-3-7(13)9-10(8)14-5-6(11(9)15)12(16)18-2/h3-5H,1-2H3,(H,14,15). The molecule has 0 atom stereocenters. The van der Waals surface area contributed by atoms with E-state index in [0.717, 1.165) is 0 Å². The van der Waals surface area contributed by atoms with Crippen molar-refractivity contribution in [3.63, 3.8) is 0 Å². The molecule has 2 aromatic rings. The van der Waals surface area contributed by atoms with Crippen molar-refractivity contribution in [2.75, 3.05) is 14.2 Å². The molecule has 0 spiro atoms. The third kappa shape index (κ3) is 1.82. The van der Waals surface area contributed by atoms with Crippen molar-refractivity contribution < 1.29 is 14.3 Å². The fraction of sp³-hybridized carbons (Fsp3) is 0.167. The van der Waals surface area contributed by atoms with Crippen molar-refractivity contribution >= 4 is 28.5 Å². The summed E-state index contributed by atoms with van der Waals surface area (Å²) in [5.41, 5.74) is -0.137. The number of halogens is 1. The first-order chi connectivity index (χ1) is 8.60. The molecular formula is C12H10ClNO4. The number of carbonyl (C=O) groups is 1. The molecule has 2 rings (SSSR count). The maximum atomic E-state index is 12.2. The minimum Gasteiger partial charge on any atom is -0.495 e. The first kappa shape index (κ1) is 12.4. The number of aromatic nitrogens is 1. The minimum absolute atomic E-state index is 0.0971. The Bertz CT molecular complexity index is 678. The summed E-state index contributed by atoms with van der Waals surface area (Å²) in [6.07, 6.45) is 1.29. The van der Waals surface area contributed by atoms with Crippen LogP contribution in [-0.2, 0) is 4.74 Å². The number of carbonyl (C=O) groups excluding carboxylic acids is 1. The molecule has 1 aromatic carbocycles. The fourth-order valence-electron chi connectivity index (χ4n) is 1.70. The van der Waals surface area contributed by atoms with Gasteiger partial charge in [0.25, 0.3) is 0 Å². The maximum absolute atomic E-state index is 12.2. The molecule has 0 fully saturated rings. The number of ether oxygens (including phenoxy) is 2. The van der Waals surface area contributed by atoms with Crippen LogP contribution in [0.25, 0.3) is 10.9 Å². The van der Waals surface area contributed by atoms with E-state index in [0.29, 0.717) is 11.3 Å². The lowest BCUT2D eigenvalue weighted by atomic mass is 10.1. The van der Waals surface area contributed by atoms with E-state index in [1.807, 2.05) is 0 Å². The molecular weight excluding hydrogens is 258 g/mol. The highest BCUT2D eigenvalue weighted by Gasteiger charge is 2.17. The average molecular weight is 268 g/mol. The number of benzene rings is 1. The average Bonchev–Trinajstić information content (AvgIpc) is 2.38. The number of H-pyrrole nitrogens is 1. The van der Waals surface area contributed by atoms with Gasteiger partial charge in [0.1, 0.15) is 11.3 Å².